The zero-order valence-electron chi connectivity index (χ0n) is 12.0. The van der Waals surface area contributed by atoms with E-state index in [1.807, 2.05) is 12.1 Å². The topological polar surface area (TPSA) is 59.3 Å². The van der Waals surface area contributed by atoms with Crippen molar-refractivity contribution in [2.24, 2.45) is 0 Å². The number of hydrogen-bond donors (Lipinski definition) is 2. The molecule has 0 unspecified atom stereocenters. The molecule has 5 heteroatoms. The summed E-state index contributed by atoms with van der Waals surface area (Å²) in [7, 11) is 0. The Morgan fingerprint density at radius 3 is 2.81 bits per heavy atom. The SMILES string of the molecule is C=CCC[C@@H](c1c(Br)ccc(C#N)c1O)N1CCNCC1. The molecule has 1 saturated heterocycles. The summed E-state index contributed by atoms with van der Waals surface area (Å²) in [5.74, 6) is 0.0967. The van der Waals surface area contributed by atoms with E-state index in [0.29, 0.717) is 5.56 Å². The monoisotopic (exact) mass is 349 g/mol. The minimum Gasteiger partial charge on any atom is -0.506 e. The van der Waals surface area contributed by atoms with Gasteiger partial charge in [-0.3, -0.25) is 4.90 Å². The molecule has 1 aromatic rings. The molecule has 0 amide bonds. The average molecular weight is 350 g/mol. The Kier molecular flexibility index (Phi) is 5.80. The van der Waals surface area contributed by atoms with Crippen LogP contribution in [0.25, 0.3) is 0 Å². The number of allylic oxidation sites excluding steroid dienone is 1. The number of halogens is 1. The number of aromatic hydroxyl groups is 1. The van der Waals surface area contributed by atoms with Crippen molar-refractivity contribution < 1.29 is 5.11 Å². The van der Waals surface area contributed by atoms with Crippen LogP contribution in [0.15, 0.2) is 29.3 Å². The van der Waals surface area contributed by atoms with Crippen LogP contribution in [0.1, 0.15) is 30.0 Å². The molecule has 21 heavy (non-hydrogen) atoms. The summed E-state index contributed by atoms with van der Waals surface area (Å²) >= 11 is 3.53. The van der Waals surface area contributed by atoms with Crippen LogP contribution in [0.2, 0.25) is 0 Å². The Labute approximate surface area is 134 Å². The molecule has 1 atom stereocenters. The Morgan fingerprint density at radius 2 is 2.19 bits per heavy atom. The second kappa shape index (κ2) is 7.60. The molecule has 0 radical (unpaired) electrons. The molecule has 1 heterocycles. The van der Waals surface area contributed by atoms with E-state index >= 15 is 0 Å². The predicted octanol–water partition coefficient (Wildman–Crippen LogP) is 2.94. The molecule has 0 aromatic heterocycles. The van der Waals surface area contributed by atoms with Gasteiger partial charge in [-0.2, -0.15) is 5.26 Å². The fourth-order valence-electron chi connectivity index (χ4n) is 2.77. The van der Waals surface area contributed by atoms with Crippen LogP contribution in [0.5, 0.6) is 5.75 Å². The second-order valence-electron chi connectivity index (χ2n) is 5.14. The standard InChI is InChI=1S/C16H20BrN3O/c1-2-3-4-14(20-9-7-19-8-10-20)15-13(17)6-5-12(11-18)16(15)21/h2,5-6,14,19,21H,1,3-4,7-10H2/t14-/m0/s1. The maximum atomic E-state index is 10.4. The summed E-state index contributed by atoms with van der Waals surface area (Å²) in [5.41, 5.74) is 1.14. The predicted molar refractivity (Wildman–Crippen MR) is 87.1 cm³/mol. The molecule has 2 rings (SSSR count). The molecule has 1 fully saturated rings. The van der Waals surface area contributed by atoms with Crippen molar-refractivity contribution >= 4 is 15.9 Å². The third kappa shape index (κ3) is 3.65. The van der Waals surface area contributed by atoms with Gasteiger partial charge in [-0.15, -0.1) is 6.58 Å². The highest BCUT2D eigenvalue weighted by molar-refractivity contribution is 9.10. The lowest BCUT2D eigenvalue weighted by molar-refractivity contribution is 0.163. The van der Waals surface area contributed by atoms with Gasteiger partial charge in [0.15, 0.2) is 0 Å². The van der Waals surface area contributed by atoms with Crippen molar-refractivity contribution in [3.63, 3.8) is 0 Å². The highest BCUT2D eigenvalue weighted by atomic mass is 79.9. The quantitative estimate of drug-likeness (QED) is 0.802. The second-order valence-corrected chi connectivity index (χ2v) is 5.99. The highest BCUT2D eigenvalue weighted by Gasteiger charge is 2.27. The first-order valence-corrected chi connectivity index (χ1v) is 7.95. The summed E-state index contributed by atoms with van der Waals surface area (Å²) < 4.78 is 0.853. The molecule has 0 aliphatic carbocycles. The number of nitriles is 1. The molecule has 0 spiro atoms. The van der Waals surface area contributed by atoms with E-state index in [0.717, 1.165) is 49.1 Å². The average Bonchev–Trinajstić information content (AvgIpc) is 2.51. The lowest BCUT2D eigenvalue weighted by Crippen LogP contribution is -2.45. The van der Waals surface area contributed by atoms with E-state index in [-0.39, 0.29) is 11.8 Å². The zero-order valence-corrected chi connectivity index (χ0v) is 13.6. The molecule has 0 saturated carbocycles. The van der Waals surface area contributed by atoms with Crippen LogP contribution in [0.3, 0.4) is 0 Å². The van der Waals surface area contributed by atoms with Crippen molar-refractivity contribution in [3.05, 3.63) is 40.4 Å². The number of benzene rings is 1. The van der Waals surface area contributed by atoms with Crippen LogP contribution in [0, 0.1) is 11.3 Å². The smallest absolute Gasteiger partial charge is 0.139 e. The van der Waals surface area contributed by atoms with Gasteiger partial charge < -0.3 is 10.4 Å². The van der Waals surface area contributed by atoms with Crippen LogP contribution in [-0.2, 0) is 0 Å². The molecular weight excluding hydrogens is 330 g/mol. The molecule has 2 N–H and O–H groups in total. The van der Waals surface area contributed by atoms with E-state index < -0.39 is 0 Å². The van der Waals surface area contributed by atoms with E-state index in [1.54, 1.807) is 6.07 Å². The first-order valence-electron chi connectivity index (χ1n) is 7.16. The van der Waals surface area contributed by atoms with Crippen LogP contribution in [0.4, 0.5) is 0 Å². The Balaban J connectivity index is 2.40. The molecule has 0 bridgehead atoms. The van der Waals surface area contributed by atoms with Gasteiger partial charge in [0, 0.05) is 42.3 Å². The van der Waals surface area contributed by atoms with Crippen molar-refractivity contribution in [2.45, 2.75) is 18.9 Å². The van der Waals surface area contributed by atoms with Gasteiger partial charge in [-0.05, 0) is 25.0 Å². The summed E-state index contributed by atoms with van der Waals surface area (Å²) in [4.78, 5) is 2.36. The summed E-state index contributed by atoms with van der Waals surface area (Å²) in [6, 6.07) is 5.63. The van der Waals surface area contributed by atoms with Gasteiger partial charge in [0.2, 0.25) is 0 Å². The molecule has 1 aliphatic rings. The number of nitrogens with one attached hydrogen (secondary N) is 1. The van der Waals surface area contributed by atoms with Crippen molar-refractivity contribution in [1.29, 1.82) is 5.26 Å². The molecule has 1 aromatic carbocycles. The number of hydrogen-bond acceptors (Lipinski definition) is 4. The number of phenols is 1. The lowest BCUT2D eigenvalue weighted by Gasteiger charge is -2.36. The number of rotatable bonds is 5. The molecule has 1 aliphatic heterocycles. The Hall–Kier alpha value is -1.35. The Morgan fingerprint density at radius 1 is 1.48 bits per heavy atom. The zero-order chi connectivity index (χ0) is 15.2. The van der Waals surface area contributed by atoms with Gasteiger partial charge in [-0.1, -0.05) is 22.0 Å². The van der Waals surface area contributed by atoms with Crippen molar-refractivity contribution in [3.8, 4) is 11.8 Å². The fourth-order valence-corrected chi connectivity index (χ4v) is 3.35. The third-order valence-corrected chi connectivity index (χ3v) is 4.55. The molecule has 112 valence electrons. The van der Waals surface area contributed by atoms with Crippen LogP contribution in [-0.4, -0.2) is 36.2 Å². The highest BCUT2D eigenvalue weighted by Crippen LogP contribution is 2.39. The van der Waals surface area contributed by atoms with Gasteiger partial charge in [0.1, 0.15) is 11.8 Å². The van der Waals surface area contributed by atoms with E-state index in [1.165, 1.54) is 0 Å². The minimum absolute atomic E-state index is 0.0905. The van der Waals surface area contributed by atoms with E-state index in [4.69, 9.17) is 5.26 Å². The van der Waals surface area contributed by atoms with Crippen LogP contribution >= 0.6 is 15.9 Å². The summed E-state index contributed by atoms with van der Waals surface area (Å²) in [6.07, 6.45) is 3.65. The van der Waals surface area contributed by atoms with Crippen molar-refractivity contribution in [1.82, 2.24) is 10.2 Å². The minimum atomic E-state index is 0.0905. The molecular formula is C16H20BrN3O. The lowest BCUT2D eigenvalue weighted by atomic mass is 9.96. The maximum Gasteiger partial charge on any atom is 0.139 e. The number of phenolic OH excluding ortho intramolecular Hbond substituents is 1. The van der Waals surface area contributed by atoms with E-state index in [9.17, 15) is 5.11 Å². The van der Waals surface area contributed by atoms with Gasteiger partial charge in [0.05, 0.1) is 5.56 Å². The first-order chi connectivity index (χ1) is 10.2. The Bertz CT molecular complexity index is 547. The van der Waals surface area contributed by atoms with Gasteiger partial charge in [0.25, 0.3) is 0 Å². The fraction of sp³-hybridized carbons (Fsp3) is 0.438. The van der Waals surface area contributed by atoms with E-state index in [2.05, 4.69) is 38.8 Å². The van der Waals surface area contributed by atoms with Gasteiger partial charge >= 0.3 is 0 Å². The largest absolute Gasteiger partial charge is 0.506 e. The third-order valence-electron chi connectivity index (χ3n) is 3.85. The molecule has 4 nitrogen and oxygen atoms in total. The summed E-state index contributed by atoms with van der Waals surface area (Å²) in [6.45, 7) is 7.55. The van der Waals surface area contributed by atoms with Gasteiger partial charge in [-0.25, -0.2) is 0 Å². The first kappa shape index (κ1) is 16.0. The number of piperazine rings is 1. The summed E-state index contributed by atoms with van der Waals surface area (Å²) in [5, 5.41) is 22.9. The van der Waals surface area contributed by atoms with Crippen molar-refractivity contribution in [2.75, 3.05) is 26.2 Å². The normalized spacial score (nSPS) is 17.1. The van der Waals surface area contributed by atoms with Crippen LogP contribution < -0.4 is 5.32 Å². The maximum absolute atomic E-state index is 10.4. The number of nitrogens with zero attached hydrogens (tertiary/aromatic N) is 2.